The summed E-state index contributed by atoms with van der Waals surface area (Å²) in [4.78, 5) is 4.25. The normalized spacial score (nSPS) is 17.6. The van der Waals surface area contributed by atoms with Crippen LogP contribution in [0.4, 0.5) is 5.69 Å². The summed E-state index contributed by atoms with van der Waals surface area (Å²) in [6.07, 6.45) is 5.52. The van der Waals surface area contributed by atoms with E-state index in [4.69, 9.17) is 10.2 Å². The Kier molecular flexibility index (Phi) is 1.63. The summed E-state index contributed by atoms with van der Waals surface area (Å²) in [7, 11) is 0. The average Bonchev–Trinajstić information content (AvgIpc) is 2.88. The van der Waals surface area contributed by atoms with E-state index in [0.29, 0.717) is 0 Å². The van der Waals surface area contributed by atoms with Gasteiger partial charge in [0, 0.05) is 11.1 Å². The van der Waals surface area contributed by atoms with Crippen LogP contribution in [0.3, 0.4) is 0 Å². The highest BCUT2D eigenvalue weighted by Crippen LogP contribution is 2.52. The molecule has 1 heterocycles. The zero-order valence-corrected chi connectivity index (χ0v) is 8.31. The molecule has 0 bridgehead atoms. The highest BCUT2D eigenvalue weighted by Gasteiger charge is 2.47. The highest BCUT2D eigenvalue weighted by atomic mass is 16.3. The number of nitrogens with zero attached hydrogens (tertiary/aromatic N) is 1. The molecule has 0 atom stereocenters. The topological polar surface area (TPSA) is 52.0 Å². The Balaban J connectivity index is 2.04. The number of hydrogen-bond donors (Lipinski definition) is 1. The Labute approximate surface area is 87.9 Å². The number of nitrogen functional groups attached to an aromatic ring is 1. The minimum absolute atomic E-state index is 0.0979. The number of rotatable bonds is 2. The Hall–Kier alpha value is -1.77. The van der Waals surface area contributed by atoms with Crippen LogP contribution in [-0.4, -0.2) is 4.98 Å². The molecule has 0 saturated heterocycles. The smallest absolute Gasteiger partial charge is 0.180 e. The fourth-order valence-corrected chi connectivity index (χ4v) is 2.07. The molecule has 3 rings (SSSR count). The number of anilines is 1. The van der Waals surface area contributed by atoms with Gasteiger partial charge in [0.2, 0.25) is 0 Å². The maximum atomic E-state index is 5.67. The van der Waals surface area contributed by atoms with E-state index >= 15 is 0 Å². The molecular formula is C12H12N2O. The largest absolute Gasteiger partial charge is 0.451 e. The molecule has 1 aromatic carbocycles. The van der Waals surface area contributed by atoms with Crippen LogP contribution in [0.25, 0.3) is 0 Å². The van der Waals surface area contributed by atoms with E-state index in [1.54, 1.807) is 6.26 Å². The van der Waals surface area contributed by atoms with Gasteiger partial charge in [-0.3, -0.25) is 0 Å². The molecule has 2 aromatic rings. The lowest BCUT2D eigenvalue weighted by molar-refractivity contribution is 0.555. The lowest BCUT2D eigenvalue weighted by Gasteiger charge is -2.12. The van der Waals surface area contributed by atoms with Gasteiger partial charge in [-0.25, -0.2) is 4.98 Å². The minimum atomic E-state index is 0.0979. The van der Waals surface area contributed by atoms with Gasteiger partial charge in [0.1, 0.15) is 6.26 Å². The van der Waals surface area contributed by atoms with Crippen LogP contribution in [0.1, 0.15) is 24.1 Å². The quantitative estimate of drug-likeness (QED) is 0.757. The van der Waals surface area contributed by atoms with Gasteiger partial charge >= 0.3 is 0 Å². The molecule has 1 aliphatic rings. The van der Waals surface area contributed by atoms with Crippen LogP contribution in [-0.2, 0) is 5.41 Å². The van der Waals surface area contributed by atoms with Crippen LogP contribution in [0.15, 0.2) is 41.3 Å². The van der Waals surface area contributed by atoms with Gasteiger partial charge in [-0.2, -0.15) is 0 Å². The minimum Gasteiger partial charge on any atom is -0.451 e. The molecule has 0 unspecified atom stereocenters. The first-order chi connectivity index (χ1) is 7.31. The maximum absolute atomic E-state index is 5.67. The first-order valence-corrected chi connectivity index (χ1v) is 5.06. The van der Waals surface area contributed by atoms with E-state index in [-0.39, 0.29) is 5.41 Å². The van der Waals surface area contributed by atoms with Crippen molar-refractivity contribution in [2.24, 2.45) is 0 Å². The molecular weight excluding hydrogens is 188 g/mol. The molecule has 0 radical (unpaired) electrons. The Bertz CT molecular complexity index is 455. The fraction of sp³-hybridized carbons (Fsp3) is 0.250. The SMILES string of the molecule is Nc1ccc(C2(c3cocn3)CC2)cc1. The number of hydrogen-bond acceptors (Lipinski definition) is 3. The summed E-state index contributed by atoms with van der Waals surface area (Å²) >= 11 is 0. The first-order valence-electron chi connectivity index (χ1n) is 5.06. The van der Waals surface area contributed by atoms with Gasteiger partial charge in [-0.05, 0) is 30.5 Å². The van der Waals surface area contributed by atoms with Crippen molar-refractivity contribution in [3.05, 3.63) is 48.2 Å². The van der Waals surface area contributed by atoms with E-state index in [0.717, 1.165) is 24.2 Å². The summed E-state index contributed by atoms with van der Waals surface area (Å²) in [5, 5.41) is 0. The summed E-state index contributed by atoms with van der Waals surface area (Å²) < 4.78 is 5.05. The monoisotopic (exact) mass is 200 g/mol. The predicted molar refractivity (Wildman–Crippen MR) is 57.4 cm³/mol. The number of oxazole rings is 1. The summed E-state index contributed by atoms with van der Waals surface area (Å²) in [6.45, 7) is 0. The van der Waals surface area contributed by atoms with E-state index in [1.165, 1.54) is 12.0 Å². The highest BCUT2D eigenvalue weighted by molar-refractivity contribution is 5.47. The van der Waals surface area contributed by atoms with E-state index in [2.05, 4.69) is 17.1 Å². The van der Waals surface area contributed by atoms with Crippen LogP contribution in [0.5, 0.6) is 0 Å². The van der Waals surface area contributed by atoms with E-state index in [9.17, 15) is 0 Å². The first kappa shape index (κ1) is 8.53. The van der Waals surface area contributed by atoms with Crippen LogP contribution in [0.2, 0.25) is 0 Å². The van der Waals surface area contributed by atoms with Crippen molar-refractivity contribution < 1.29 is 4.42 Å². The summed E-state index contributed by atoms with van der Waals surface area (Å²) in [5.74, 6) is 0. The second-order valence-electron chi connectivity index (χ2n) is 4.08. The van der Waals surface area contributed by atoms with Crippen molar-refractivity contribution in [3.63, 3.8) is 0 Å². The summed E-state index contributed by atoms with van der Waals surface area (Å²) in [6, 6.07) is 8.04. The van der Waals surface area contributed by atoms with Crippen molar-refractivity contribution >= 4 is 5.69 Å². The second-order valence-corrected chi connectivity index (χ2v) is 4.08. The Morgan fingerprint density at radius 2 is 1.93 bits per heavy atom. The number of aromatic nitrogens is 1. The van der Waals surface area contributed by atoms with Crippen molar-refractivity contribution in [3.8, 4) is 0 Å². The molecule has 0 amide bonds. The van der Waals surface area contributed by atoms with Crippen LogP contribution in [0, 0.1) is 0 Å². The van der Waals surface area contributed by atoms with Crippen molar-refractivity contribution in [1.82, 2.24) is 4.98 Å². The lowest BCUT2D eigenvalue weighted by atomic mass is 9.93. The Morgan fingerprint density at radius 3 is 2.47 bits per heavy atom. The van der Waals surface area contributed by atoms with Gasteiger partial charge in [-0.15, -0.1) is 0 Å². The number of benzene rings is 1. The van der Waals surface area contributed by atoms with Gasteiger partial charge in [0.15, 0.2) is 6.39 Å². The van der Waals surface area contributed by atoms with Crippen molar-refractivity contribution in [2.75, 3.05) is 5.73 Å². The third-order valence-electron chi connectivity index (χ3n) is 3.14. The van der Waals surface area contributed by atoms with E-state index in [1.807, 2.05) is 12.1 Å². The molecule has 0 spiro atoms. The molecule has 0 aliphatic heterocycles. The van der Waals surface area contributed by atoms with Gasteiger partial charge in [-0.1, -0.05) is 12.1 Å². The lowest BCUT2D eigenvalue weighted by Crippen LogP contribution is -2.08. The van der Waals surface area contributed by atoms with Gasteiger partial charge in [0.25, 0.3) is 0 Å². The molecule has 15 heavy (non-hydrogen) atoms. The molecule has 2 N–H and O–H groups in total. The second kappa shape index (κ2) is 2.86. The van der Waals surface area contributed by atoms with Crippen LogP contribution >= 0.6 is 0 Å². The molecule has 3 heteroatoms. The van der Waals surface area contributed by atoms with Gasteiger partial charge in [0.05, 0.1) is 5.69 Å². The number of nitrogens with two attached hydrogens (primary N) is 1. The van der Waals surface area contributed by atoms with Crippen LogP contribution < -0.4 is 5.73 Å². The fourth-order valence-electron chi connectivity index (χ4n) is 2.07. The van der Waals surface area contributed by atoms with Crippen molar-refractivity contribution in [1.29, 1.82) is 0 Å². The molecule has 1 aliphatic carbocycles. The van der Waals surface area contributed by atoms with Gasteiger partial charge < -0.3 is 10.2 Å². The summed E-state index contributed by atoms with van der Waals surface area (Å²) in [5.41, 5.74) is 8.89. The molecule has 3 nitrogen and oxygen atoms in total. The van der Waals surface area contributed by atoms with E-state index < -0.39 is 0 Å². The molecule has 1 aromatic heterocycles. The maximum Gasteiger partial charge on any atom is 0.180 e. The predicted octanol–water partition coefficient (Wildman–Crippen LogP) is 2.34. The molecule has 1 fully saturated rings. The zero-order valence-electron chi connectivity index (χ0n) is 8.31. The Morgan fingerprint density at radius 1 is 1.20 bits per heavy atom. The average molecular weight is 200 g/mol. The van der Waals surface area contributed by atoms with Crippen molar-refractivity contribution in [2.45, 2.75) is 18.3 Å². The standard InChI is InChI=1S/C12H12N2O/c13-10-3-1-9(2-4-10)12(5-6-12)11-7-15-8-14-11/h1-4,7-8H,5-6,13H2. The zero-order chi connectivity index (χ0) is 10.3. The third kappa shape index (κ3) is 1.23. The molecule has 76 valence electrons. The molecule has 1 saturated carbocycles. The third-order valence-corrected chi connectivity index (χ3v) is 3.14.